The molecule has 10 heteroatoms. The average Bonchev–Trinajstić information content (AvgIpc) is 2.64. The highest BCUT2D eigenvalue weighted by Crippen LogP contribution is 2.35. The van der Waals surface area contributed by atoms with E-state index in [1.54, 1.807) is 6.07 Å². The van der Waals surface area contributed by atoms with Crippen molar-refractivity contribution in [1.82, 2.24) is 5.32 Å². The first kappa shape index (κ1) is 22.3. The molecule has 0 aliphatic heterocycles. The Morgan fingerprint density at radius 1 is 1.29 bits per heavy atom. The Labute approximate surface area is 177 Å². The number of amides is 1. The fourth-order valence-electron chi connectivity index (χ4n) is 2.38. The van der Waals surface area contributed by atoms with Crippen molar-refractivity contribution in [2.75, 3.05) is 18.4 Å². The number of aromatic hydroxyl groups is 1. The van der Waals surface area contributed by atoms with E-state index < -0.39 is 21.7 Å². The Kier molecular flexibility index (Phi) is 7.56. The van der Waals surface area contributed by atoms with Gasteiger partial charge in [-0.2, -0.15) is 0 Å². The van der Waals surface area contributed by atoms with Crippen LogP contribution in [0.1, 0.15) is 30.1 Å². The number of methoxy groups -OCH3 is 1. The standard InChI is InChI=1S/C18H20BrClN2O5S/c1-3-4-7-21-18(24)13-9-12(20)10-14(17(13)23)22-28(25,26)16-8-11(19)5-6-15(16)27-2/h5-6,8-10,22-23H,3-4,7H2,1-2H3,(H,21,24). The molecule has 0 radical (unpaired) electrons. The number of rotatable bonds is 8. The van der Waals surface area contributed by atoms with Gasteiger partial charge in [0.05, 0.1) is 18.4 Å². The minimum Gasteiger partial charge on any atom is -0.505 e. The van der Waals surface area contributed by atoms with Crippen molar-refractivity contribution in [2.24, 2.45) is 0 Å². The minimum absolute atomic E-state index is 0.0948. The van der Waals surface area contributed by atoms with Crippen LogP contribution in [-0.2, 0) is 10.0 Å². The molecule has 0 heterocycles. The molecule has 0 saturated carbocycles. The quantitative estimate of drug-likeness (QED) is 0.380. The van der Waals surface area contributed by atoms with Gasteiger partial charge in [-0.3, -0.25) is 9.52 Å². The first-order valence-electron chi connectivity index (χ1n) is 8.36. The van der Waals surface area contributed by atoms with Crippen LogP contribution in [0.2, 0.25) is 5.02 Å². The highest BCUT2D eigenvalue weighted by Gasteiger charge is 2.24. The van der Waals surface area contributed by atoms with Crippen molar-refractivity contribution in [2.45, 2.75) is 24.7 Å². The lowest BCUT2D eigenvalue weighted by Gasteiger charge is -2.15. The molecule has 0 aliphatic carbocycles. The topological polar surface area (TPSA) is 105 Å². The molecule has 0 bridgehead atoms. The van der Waals surface area contributed by atoms with E-state index in [0.717, 1.165) is 12.8 Å². The fourth-order valence-corrected chi connectivity index (χ4v) is 4.37. The maximum absolute atomic E-state index is 12.8. The third-order valence-corrected chi connectivity index (χ3v) is 5.89. The molecule has 0 atom stereocenters. The molecule has 3 N–H and O–H groups in total. The van der Waals surface area contributed by atoms with Gasteiger partial charge in [0.2, 0.25) is 0 Å². The van der Waals surface area contributed by atoms with Gasteiger partial charge in [-0.15, -0.1) is 0 Å². The molecule has 0 aromatic heterocycles. The summed E-state index contributed by atoms with van der Waals surface area (Å²) in [5, 5.41) is 13.2. The summed E-state index contributed by atoms with van der Waals surface area (Å²) in [6.45, 7) is 2.41. The van der Waals surface area contributed by atoms with Crippen molar-refractivity contribution in [1.29, 1.82) is 0 Å². The normalized spacial score (nSPS) is 11.1. The van der Waals surface area contributed by atoms with E-state index >= 15 is 0 Å². The molecule has 0 aliphatic rings. The Morgan fingerprint density at radius 2 is 2.00 bits per heavy atom. The van der Waals surface area contributed by atoms with Crippen molar-refractivity contribution in [3.8, 4) is 11.5 Å². The molecule has 0 saturated heterocycles. The third kappa shape index (κ3) is 5.30. The number of hydrogen-bond acceptors (Lipinski definition) is 5. The maximum atomic E-state index is 12.8. The van der Waals surface area contributed by atoms with Crippen molar-refractivity contribution in [3.63, 3.8) is 0 Å². The van der Waals surface area contributed by atoms with Gasteiger partial charge < -0.3 is 15.2 Å². The number of halogens is 2. The van der Waals surface area contributed by atoms with Gasteiger partial charge in [-0.05, 0) is 36.8 Å². The van der Waals surface area contributed by atoms with Gasteiger partial charge in [0.25, 0.3) is 15.9 Å². The molecular formula is C18H20BrClN2O5S. The highest BCUT2D eigenvalue weighted by molar-refractivity contribution is 9.10. The lowest BCUT2D eigenvalue weighted by atomic mass is 10.1. The van der Waals surface area contributed by atoms with Crippen LogP contribution in [0, 0.1) is 0 Å². The number of unbranched alkanes of at least 4 members (excludes halogenated alkanes) is 1. The van der Waals surface area contributed by atoms with Gasteiger partial charge in [0, 0.05) is 16.0 Å². The number of carbonyl (C=O) groups is 1. The molecule has 1 amide bonds. The van der Waals surface area contributed by atoms with E-state index in [2.05, 4.69) is 26.0 Å². The number of benzene rings is 2. The van der Waals surface area contributed by atoms with E-state index in [1.807, 2.05) is 6.92 Å². The van der Waals surface area contributed by atoms with Crippen molar-refractivity contribution >= 4 is 49.1 Å². The van der Waals surface area contributed by atoms with Crippen LogP contribution >= 0.6 is 27.5 Å². The number of nitrogens with one attached hydrogen (secondary N) is 2. The van der Waals surface area contributed by atoms with Crippen LogP contribution in [-0.4, -0.2) is 33.1 Å². The second-order valence-corrected chi connectivity index (χ2v) is 8.86. The van der Waals surface area contributed by atoms with Gasteiger partial charge in [-0.1, -0.05) is 40.9 Å². The van der Waals surface area contributed by atoms with Gasteiger partial charge >= 0.3 is 0 Å². The summed E-state index contributed by atoms with van der Waals surface area (Å²) >= 11 is 9.25. The smallest absolute Gasteiger partial charge is 0.265 e. The molecule has 0 fully saturated rings. The zero-order valence-corrected chi connectivity index (χ0v) is 18.4. The van der Waals surface area contributed by atoms with Crippen LogP contribution in [0.25, 0.3) is 0 Å². The van der Waals surface area contributed by atoms with Crippen molar-refractivity contribution < 1.29 is 23.1 Å². The van der Waals surface area contributed by atoms with Crippen LogP contribution in [0.5, 0.6) is 11.5 Å². The highest BCUT2D eigenvalue weighted by atomic mass is 79.9. The zero-order valence-electron chi connectivity index (χ0n) is 15.3. The lowest BCUT2D eigenvalue weighted by molar-refractivity contribution is 0.0950. The summed E-state index contributed by atoms with van der Waals surface area (Å²) in [5.74, 6) is -0.945. The number of sulfonamides is 1. The minimum atomic E-state index is -4.14. The number of hydrogen-bond donors (Lipinski definition) is 3. The van der Waals surface area contributed by atoms with Crippen LogP contribution in [0.15, 0.2) is 39.7 Å². The second kappa shape index (κ2) is 9.49. The Hall–Kier alpha value is -1.97. The fraction of sp³-hybridized carbons (Fsp3) is 0.278. The molecule has 0 spiro atoms. The maximum Gasteiger partial charge on any atom is 0.265 e. The molecule has 152 valence electrons. The molecule has 0 unspecified atom stereocenters. The monoisotopic (exact) mass is 490 g/mol. The second-order valence-electron chi connectivity index (χ2n) is 5.86. The Bertz CT molecular complexity index is 982. The summed E-state index contributed by atoms with van der Waals surface area (Å²) in [6.07, 6.45) is 1.66. The van der Waals surface area contributed by atoms with Gasteiger partial charge in [0.15, 0.2) is 5.75 Å². The van der Waals surface area contributed by atoms with Gasteiger partial charge in [-0.25, -0.2) is 8.42 Å². The predicted octanol–water partition coefficient (Wildman–Crippen LogP) is 4.15. The molecule has 2 rings (SSSR count). The summed E-state index contributed by atoms with van der Waals surface area (Å²) in [6, 6.07) is 6.98. The molecule has 28 heavy (non-hydrogen) atoms. The van der Waals surface area contributed by atoms with Crippen LogP contribution in [0.4, 0.5) is 5.69 Å². The summed E-state index contributed by atoms with van der Waals surface area (Å²) in [5.41, 5.74) is -0.335. The van der Waals surface area contributed by atoms with E-state index in [-0.39, 0.29) is 26.9 Å². The number of phenols is 1. The van der Waals surface area contributed by atoms with Crippen LogP contribution < -0.4 is 14.8 Å². The molecule has 7 nitrogen and oxygen atoms in total. The molecule has 2 aromatic carbocycles. The number of ether oxygens (including phenoxy) is 1. The summed E-state index contributed by atoms with van der Waals surface area (Å²) < 4.78 is 33.5. The molecule has 2 aromatic rings. The van der Waals surface area contributed by atoms with Gasteiger partial charge in [0.1, 0.15) is 10.6 Å². The van der Waals surface area contributed by atoms with Crippen LogP contribution in [0.3, 0.4) is 0 Å². The van der Waals surface area contributed by atoms with E-state index in [4.69, 9.17) is 16.3 Å². The average molecular weight is 492 g/mol. The predicted molar refractivity (Wildman–Crippen MR) is 112 cm³/mol. The SMILES string of the molecule is CCCCNC(=O)c1cc(Cl)cc(NS(=O)(=O)c2cc(Br)ccc2OC)c1O. The van der Waals surface area contributed by atoms with E-state index in [9.17, 15) is 18.3 Å². The summed E-state index contributed by atoms with van der Waals surface area (Å²) in [4.78, 5) is 12.2. The summed E-state index contributed by atoms with van der Waals surface area (Å²) in [7, 11) is -2.79. The zero-order chi connectivity index (χ0) is 20.9. The number of phenolic OH excluding ortho intramolecular Hbond substituents is 1. The first-order chi connectivity index (χ1) is 13.2. The molecular weight excluding hydrogens is 472 g/mol. The Morgan fingerprint density at radius 3 is 2.64 bits per heavy atom. The largest absolute Gasteiger partial charge is 0.505 e. The van der Waals surface area contributed by atoms with E-state index in [0.29, 0.717) is 11.0 Å². The first-order valence-corrected chi connectivity index (χ1v) is 11.0. The lowest BCUT2D eigenvalue weighted by Crippen LogP contribution is -2.24. The number of carbonyl (C=O) groups excluding carboxylic acids is 1. The Balaban J connectivity index is 2.41. The van der Waals surface area contributed by atoms with E-state index in [1.165, 1.54) is 31.4 Å². The van der Waals surface area contributed by atoms with Crippen molar-refractivity contribution in [3.05, 3.63) is 45.4 Å². The third-order valence-electron chi connectivity index (χ3n) is 3.79. The number of anilines is 1.